The Morgan fingerprint density at radius 2 is 1.96 bits per heavy atom. The van der Waals surface area contributed by atoms with Crippen molar-refractivity contribution < 1.29 is 14.5 Å². The van der Waals surface area contributed by atoms with Gasteiger partial charge in [-0.3, -0.25) is 19.7 Å². The maximum Gasteiger partial charge on any atom is 0.270 e. The van der Waals surface area contributed by atoms with Crippen LogP contribution in [0.4, 0.5) is 17.1 Å². The van der Waals surface area contributed by atoms with E-state index in [1.165, 1.54) is 12.1 Å². The summed E-state index contributed by atoms with van der Waals surface area (Å²) in [6.07, 6.45) is 3.62. The molecular weight excluding hydrogens is 382 g/mol. The third-order valence-electron chi connectivity index (χ3n) is 5.05. The third kappa shape index (κ3) is 3.57. The summed E-state index contributed by atoms with van der Waals surface area (Å²) >= 11 is 6.04. The summed E-state index contributed by atoms with van der Waals surface area (Å²) in [5.74, 6) is -0.183. The van der Waals surface area contributed by atoms with Gasteiger partial charge in [-0.25, -0.2) is 0 Å². The van der Waals surface area contributed by atoms with E-state index in [2.05, 4.69) is 5.32 Å². The molecule has 8 heteroatoms. The van der Waals surface area contributed by atoms with E-state index >= 15 is 0 Å². The number of carbonyl (C=O) groups excluding carboxylic acids is 2. The van der Waals surface area contributed by atoms with E-state index in [9.17, 15) is 19.7 Å². The highest BCUT2D eigenvalue weighted by Crippen LogP contribution is 2.36. The van der Waals surface area contributed by atoms with Crippen molar-refractivity contribution in [1.82, 2.24) is 0 Å². The first-order valence-corrected chi connectivity index (χ1v) is 9.51. The van der Waals surface area contributed by atoms with Crippen molar-refractivity contribution in [3.63, 3.8) is 0 Å². The summed E-state index contributed by atoms with van der Waals surface area (Å²) < 4.78 is 0. The molecule has 1 aliphatic carbocycles. The molecule has 0 bridgehead atoms. The second-order valence-electron chi connectivity index (χ2n) is 7.09. The molecule has 1 heterocycles. The zero-order valence-electron chi connectivity index (χ0n) is 15.0. The Bertz CT molecular complexity index is 987. The van der Waals surface area contributed by atoms with Crippen LogP contribution in [0.15, 0.2) is 36.4 Å². The molecule has 2 aromatic rings. The van der Waals surface area contributed by atoms with E-state index < -0.39 is 10.8 Å². The number of nitrogens with one attached hydrogen (secondary N) is 1. The summed E-state index contributed by atoms with van der Waals surface area (Å²) in [5.41, 5.74) is 2.30. The summed E-state index contributed by atoms with van der Waals surface area (Å²) in [6.45, 7) is 0.720. The van der Waals surface area contributed by atoms with Crippen molar-refractivity contribution in [2.75, 3.05) is 16.8 Å². The zero-order valence-corrected chi connectivity index (χ0v) is 15.7. The molecule has 0 unspecified atom stereocenters. The average molecular weight is 400 g/mol. The lowest BCUT2D eigenvalue weighted by atomic mass is 10.00. The molecule has 0 spiro atoms. The van der Waals surface area contributed by atoms with Gasteiger partial charge in [0.2, 0.25) is 5.91 Å². The van der Waals surface area contributed by atoms with Crippen LogP contribution < -0.4 is 10.2 Å². The van der Waals surface area contributed by atoms with Crippen molar-refractivity contribution in [1.29, 1.82) is 0 Å². The topological polar surface area (TPSA) is 92.6 Å². The van der Waals surface area contributed by atoms with Gasteiger partial charge >= 0.3 is 0 Å². The highest BCUT2D eigenvalue weighted by atomic mass is 35.5. The molecule has 4 rings (SSSR count). The van der Waals surface area contributed by atoms with Crippen LogP contribution in [0.5, 0.6) is 0 Å². The smallest absolute Gasteiger partial charge is 0.270 e. The normalized spacial score (nSPS) is 15.7. The lowest BCUT2D eigenvalue weighted by Gasteiger charge is -2.30. The van der Waals surface area contributed by atoms with Gasteiger partial charge in [0.25, 0.3) is 11.6 Å². The number of nitro groups is 1. The summed E-state index contributed by atoms with van der Waals surface area (Å²) in [5, 5.41) is 13.8. The highest BCUT2D eigenvalue weighted by molar-refractivity contribution is 6.34. The number of hydrogen-bond acceptors (Lipinski definition) is 4. The molecule has 0 radical (unpaired) electrons. The number of non-ortho nitro benzene ring substituents is 1. The number of fused-ring (bicyclic) bond motifs is 1. The fourth-order valence-corrected chi connectivity index (χ4v) is 3.66. The molecule has 144 valence electrons. The largest absolute Gasteiger partial charge is 0.322 e. The predicted molar refractivity (Wildman–Crippen MR) is 106 cm³/mol. The number of hydrogen-bond donors (Lipinski definition) is 1. The molecule has 2 aliphatic rings. The van der Waals surface area contributed by atoms with Crippen LogP contribution in [0.2, 0.25) is 5.02 Å². The molecule has 2 amide bonds. The maximum absolute atomic E-state index is 12.6. The molecule has 2 aromatic carbocycles. The zero-order chi connectivity index (χ0) is 19.8. The highest BCUT2D eigenvalue weighted by Gasteiger charge is 2.35. The van der Waals surface area contributed by atoms with Crippen LogP contribution in [0.25, 0.3) is 0 Å². The monoisotopic (exact) mass is 399 g/mol. The molecule has 1 N–H and O–H groups in total. The van der Waals surface area contributed by atoms with Crippen molar-refractivity contribution in [3.05, 3.63) is 62.7 Å². The maximum atomic E-state index is 12.6. The molecule has 1 aliphatic heterocycles. The van der Waals surface area contributed by atoms with Crippen LogP contribution >= 0.6 is 11.6 Å². The SMILES string of the molecule is O=C(Nc1ccc2c(c1)CCCN2C(=O)C1CC1)c1cc([N+](=O)[O-])ccc1Cl. The molecule has 0 atom stereocenters. The van der Waals surface area contributed by atoms with Gasteiger partial charge in [0.15, 0.2) is 0 Å². The van der Waals surface area contributed by atoms with Gasteiger partial charge in [-0.1, -0.05) is 11.6 Å². The Balaban J connectivity index is 1.56. The fourth-order valence-electron chi connectivity index (χ4n) is 3.45. The molecule has 0 aromatic heterocycles. The molecule has 0 saturated heterocycles. The second kappa shape index (κ2) is 7.24. The number of rotatable bonds is 4. The van der Waals surface area contributed by atoms with Crippen LogP contribution in [0.1, 0.15) is 35.2 Å². The Morgan fingerprint density at radius 3 is 2.68 bits per heavy atom. The Hall–Kier alpha value is -2.93. The van der Waals surface area contributed by atoms with Gasteiger partial charge in [-0.15, -0.1) is 0 Å². The van der Waals surface area contributed by atoms with Crippen LogP contribution in [0.3, 0.4) is 0 Å². The minimum absolute atomic E-state index is 0.0409. The van der Waals surface area contributed by atoms with Gasteiger partial charge in [-0.2, -0.15) is 0 Å². The molecule has 7 nitrogen and oxygen atoms in total. The molecule has 28 heavy (non-hydrogen) atoms. The van der Waals surface area contributed by atoms with E-state index in [0.717, 1.165) is 49.5 Å². The van der Waals surface area contributed by atoms with Gasteiger partial charge in [0.05, 0.1) is 15.5 Å². The quantitative estimate of drug-likeness (QED) is 0.616. The first kappa shape index (κ1) is 18.4. The Kier molecular flexibility index (Phi) is 4.77. The first-order chi connectivity index (χ1) is 13.4. The summed E-state index contributed by atoms with van der Waals surface area (Å²) in [4.78, 5) is 37.3. The average Bonchev–Trinajstić information content (AvgIpc) is 3.52. The van der Waals surface area contributed by atoms with Crippen molar-refractivity contribution in [2.45, 2.75) is 25.7 Å². The lowest BCUT2D eigenvalue weighted by Crippen LogP contribution is -2.36. The van der Waals surface area contributed by atoms with Gasteiger partial charge < -0.3 is 10.2 Å². The summed E-state index contributed by atoms with van der Waals surface area (Å²) in [6, 6.07) is 9.18. The number of amides is 2. The van der Waals surface area contributed by atoms with Gasteiger partial charge in [0, 0.05) is 36.0 Å². The van der Waals surface area contributed by atoms with Gasteiger partial charge in [-0.05, 0) is 55.5 Å². The van der Waals surface area contributed by atoms with E-state index in [1.807, 2.05) is 17.0 Å². The van der Waals surface area contributed by atoms with Crippen LogP contribution in [-0.4, -0.2) is 23.3 Å². The minimum Gasteiger partial charge on any atom is -0.322 e. The van der Waals surface area contributed by atoms with Crippen molar-refractivity contribution >= 4 is 40.5 Å². The number of benzene rings is 2. The van der Waals surface area contributed by atoms with Gasteiger partial charge in [0.1, 0.15) is 0 Å². The number of carbonyl (C=O) groups is 2. The van der Waals surface area contributed by atoms with Crippen LogP contribution in [0, 0.1) is 16.0 Å². The molecular formula is C20H18ClN3O4. The van der Waals surface area contributed by atoms with Crippen LogP contribution in [-0.2, 0) is 11.2 Å². The lowest BCUT2D eigenvalue weighted by molar-refractivity contribution is -0.384. The Morgan fingerprint density at radius 1 is 1.18 bits per heavy atom. The van der Waals surface area contributed by atoms with Crippen molar-refractivity contribution in [2.24, 2.45) is 5.92 Å². The predicted octanol–water partition coefficient (Wildman–Crippen LogP) is 4.19. The standard InChI is InChI=1S/C20H18ClN3O4/c21-17-7-6-15(24(27)28)11-16(17)19(25)22-14-5-8-18-13(10-14)2-1-9-23(18)20(26)12-3-4-12/h5-8,10-12H,1-4,9H2,(H,22,25). The number of aryl methyl sites for hydroxylation is 1. The fraction of sp³-hybridized carbons (Fsp3) is 0.300. The summed E-state index contributed by atoms with van der Waals surface area (Å²) in [7, 11) is 0. The number of nitrogens with zero attached hydrogens (tertiary/aromatic N) is 2. The van der Waals surface area contributed by atoms with E-state index in [-0.39, 0.29) is 28.1 Å². The second-order valence-corrected chi connectivity index (χ2v) is 7.49. The third-order valence-corrected chi connectivity index (χ3v) is 5.38. The van der Waals surface area contributed by atoms with E-state index in [0.29, 0.717) is 5.69 Å². The van der Waals surface area contributed by atoms with Crippen molar-refractivity contribution in [3.8, 4) is 0 Å². The molecule has 1 saturated carbocycles. The Labute approximate surface area is 166 Å². The number of nitro benzene ring substituents is 1. The number of anilines is 2. The van der Waals surface area contributed by atoms with E-state index in [1.54, 1.807) is 6.07 Å². The first-order valence-electron chi connectivity index (χ1n) is 9.13. The molecule has 1 fully saturated rings. The van der Waals surface area contributed by atoms with E-state index in [4.69, 9.17) is 11.6 Å². The minimum atomic E-state index is -0.572. The number of halogens is 1.